The fraction of sp³-hybridized carbons (Fsp3) is 0.250. The van der Waals surface area contributed by atoms with Crippen molar-refractivity contribution in [2.45, 2.75) is 12.8 Å². The molecule has 0 N–H and O–H groups in total. The van der Waals surface area contributed by atoms with Crippen LogP contribution in [0.4, 0.5) is 0 Å². The SMILES string of the molecule is O=C(ON1C(=O)CCC1=O)c1ccbo1. The Morgan fingerprint density at radius 3 is 2.60 bits per heavy atom. The van der Waals surface area contributed by atoms with Crippen LogP contribution in [0.5, 0.6) is 0 Å². The van der Waals surface area contributed by atoms with Crippen LogP contribution in [0.3, 0.4) is 0 Å². The summed E-state index contributed by atoms with van der Waals surface area (Å²) in [4.78, 5) is 38.0. The maximum absolute atomic E-state index is 11.3. The van der Waals surface area contributed by atoms with Gasteiger partial charge in [-0.25, -0.2) is 0 Å². The van der Waals surface area contributed by atoms with Crippen LogP contribution in [0.25, 0.3) is 0 Å². The average Bonchev–Trinajstić information content (AvgIpc) is 2.82. The standard InChI is InChI=1S/C8H6BNO5/c11-6-1-2-7(12)10(6)15-8(13)5-3-4-9-14-5/h3-4H,1-2H2. The van der Waals surface area contributed by atoms with Crippen molar-refractivity contribution in [3.8, 4) is 0 Å². The van der Waals surface area contributed by atoms with Crippen molar-refractivity contribution in [3.63, 3.8) is 0 Å². The van der Waals surface area contributed by atoms with Crippen molar-refractivity contribution in [1.82, 2.24) is 5.06 Å². The van der Waals surface area contributed by atoms with E-state index < -0.39 is 17.8 Å². The first-order valence-electron chi connectivity index (χ1n) is 4.30. The van der Waals surface area contributed by atoms with Crippen LogP contribution in [0.2, 0.25) is 0 Å². The van der Waals surface area contributed by atoms with Gasteiger partial charge >= 0.3 is 84.2 Å². The van der Waals surface area contributed by atoms with Gasteiger partial charge in [-0.1, -0.05) is 0 Å². The number of carbonyl (C=O) groups is 3. The molecule has 0 bridgehead atoms. The van der Waals surface area contributed by atoms with Crippen molar-refractivity contribution in [2.24, 2.45) is 0 Å². The van der Waals surface area contributed by atoms with E-state index in [0.717, 1.165) is 0 Å². The molecule has 0 aromatic carbocycles. The van der Waals surface area contributed by atoms with Gasteiger partial charge in [-0.2, -0.15) is 0 Å². The topological polar surface area (TPSA) is 76.8 Å². The Kier molecular flexibility index (Phi) is 2.36. The van der Waals surface area contributed by atoms with Crippen molar-refractivity contribution in [3.05, 3.63) is 17.8 Å². The van der Waals surface area contributed by atoms with Crippen LogP contribution in [-0.4, -0.2) is 30.0 Å². The molecular formula is C8H6BNO5. The van der Waals surface area contributed by atoms with Crippen LogP contribution >= 0.6 is 0 Å². The third-order valence-corrected chi connectivity index (χ3v) is 1.90. The molecule has 1 aromatic heterocycles. The normalized spacial score (nSPS) is 15.6. The van der Waals surface area contributed by atoms with E-state index in [2.05, 4.69) is 4.84 Å². The summed E-state index contributed by atoms with van der Waals surface area (Å²) in [6.45, 7) is 0. The molecule has 0 atom stereocenters. The fourth-order valence-electron chi connectivity index (χ4n) is 1.18. The van der Waals surface area contributed by atoms with Crippen LogP contribution in [0.1, 0.15) is 23.4 Å². The molecule has 6 nitrogen and oxygen atoms in total. The van der Waals surface area contributed by atoms with E-state index in [1.54, 1.807) is 0 Å². The molecule has 0 spiro atoms. The molecule has 0 aliphatic carbocycles. The Labute approximate surface area is 85.0 Å². The van der Waals surface area contributed by atoms with E-state index >= 15 is 0 Å². The van der Waals surface area contributed by atoms with Crippen molar-refractivity contribution in [1.29, 1.82) is 0 Å². The second kappa shape index (κ2) is 3.68. The van der Waals surface area contributed by atoms with Crippen molar-refractivity contribution < 1.29 is 23.6 Å². The predicted molar refractivity (Wildman–Crippen MR) is 46.6 cm³/mol. The number of amides is 2. The Bertz CT molecular complexity index is 397. The number of hydroxylamine groups is 2. The first-order valence-corrected chi connectivity index (χ1v) is 4.30. The number of hydrogen-bond acceptors (Lipinski definition) is 5. The van der Waals surface area contributed by atoms with Gasteiger partial charge in [0.25, 0.3) is 0 Å². The molecule has 2 heterocycles. The van der Waals surface area contributed by atoms with Crippen molar-refractivity contribution in [2.75, 3.05) is 0 Å². The van der Waals surface area contributed by atoms with E-state index in [0.29, 0.717) is 5.06 Å². The molecule has 15 heavy (non-hydrogen) atoms. The number of rotatable bonds is 2. The summed E-state index contributed by atoms with van der Waals surface area (Å²) in [6.07, 6.45) is 0.147. The molecule has 2 rings (SSSR count). The van der Waals surface area contributed by atoms with Gasteiger partial charge in [0.2, 0.25) is 0 Å². The van der Waals surface area contributed by atoms with Gasteiger partial charge in [-0.15, -0.1) is 0 Å². The Balaban J connectivity index is 2.06. The molecular weight excluding hydrogens is 201 g/mol. The van der Waals surface area contributed by atoms with Crippen LogP contribution in [0, 0.1) is 0 Å². The van der Waals surface area contributed by atoms with E-state index in [1.807, 2.05) is 0 Å². The van der Waals surface area contributed by atoms with E-state index in [4.69, 9.17) is 4.33 Å². The minimum atomic E-state index is -0.858. The van der Waals surface area contributed by atoms with Crippen LogP contribution in [-0.2, 0) is 14.4 Å². The fourth-order valence-corrected chi connectivity index (χ4v) is 1.18. The van der Waals surface area contributed by atoms with Gasteiger partial charge in [-0.05, 0) is 0 Å². The molecule has 1 aliphatic heterocycles. The van der Waals surface area contributed by atoms with Gasteiger partial charge < -0.3 is 0 Å². The van der Waals surface area contributed by atoms with Crippen LogP contribution < -0.4 is 0 Å². The minimum absolute atomic E-state index is 0.0532. The Hall–Kier alpha value is -1.92. The summed E-state index contributed by atoms with van der Waals surface area (Å²) in [7, 11) is 1.30. The first-order chi connectivity index (χ1) is 7.18. The summed E-state index contributed by atoms with van der Waals surface area (Å²) < 4.78 is 4.75. The number of imide groups is 1. The molecule has 1 fully saturated rings. The summed E-state index contributed by atoms with van der Waals surface area (Å²) in [5.74, 6) is -0.435. The molecule has 1 aliphatic rings. The molecule has 76 valence electrons. The summed E-state index contributed by atoms with van der Waals surface area (Å²) in [5.41, 5.74) is 0. The van der Waals surface area contributed by atoms with Gasteiger partial charge in [0.05, 0.1) is 0 Å². The quantitative estimate of drug-likeness (QED) is 0.629. The second-order valence-corrected chi connectivity index (χ2v) is 2.94. The third kappa shape index (κ3) is 1.81. The molecule has 1 aromatic rings. The zero-order valence-electron chi connectivity index (χ0n) is 7.63. The Morgan fingerprint density at radius 2 is 2.07 bits per heavy atom. The zero-order valence-corrected chi connectivity index (χ0v) is 7.63. The predicted octanol–water partition coefficient (Wildman–Crippen LogP) is -0.161. The molecule has 1 saturated heterocycles. The summed E-state index contributed by atoms with van der Waals surface area (Å²) in [5, 5.41) is 0.477. The van der Waals surface area contributed by atoms with Gasteiger partial charge in [0.1, 0.15) is 0 Å². The number of nitrogens with zero attached hydrogens (tertiary/aromatic N) is 1. The maximum atomic E-state index is 11.3. The summed E-state index contributed by atoms with van der Waals surface area (Å²) >= 11 is 0. The zero-order chi connectivity index (χ0) is 10.8. The third-order valence-electron chi connectivity index (χ3n) is 1.90. The monoisotopic (exact) mass is 207 g/mol. The van der Waals surface area contributed by atoms with Crippen molar-refractivity contribution >= 4 is 24.9 Å². The molecule has 2 amide bonds. The average molecular weight is 207 g/mol. The van der Waals surface area contributed by atoms with E-state index in [-0.39, 0.29) is 18.6 Å². The van der Waals surface area contributed by atoms with E-state index in [9.17, 15) is 14.4 Å². The Morgan fingerprint density at radius 1 is 1.40 bits per heavy atom. The second-order valence-electron chi connectivity index (χ2n) is 2.94. The number of hydrogen-bond donors (Lipinski definition) is 0. The van der Waals surface area contributed by atoms with Gasteiger partial charge in [0.15, 0.2) is 0 Å². The van der Waals surface area contributed by atoms with Gasteiger partial charge in [-0.3, -0.25) is 0 Å². The summed E-state index contributed by atoms with van der Waals surface area (Å²) in [6, 6.07) is 1.38. The first kappa shape index (κ1) is 9.63. The number of carbonyl (C=O) groups excluding carboxylic acids is 3. The molecule has 7 heteroatoms. The molecule has 0 radical (unpaired) electrons. The van der Waals surface area contributed by atoms with Crippen LogP contribution in [0.15, 0.2) is 16.4 Å². The van der Waals surface area contributed by atoms with E-state index in [1.165, 1.54) is 19.2 Å². The molecule has 0 unspecified atom stereocenters. The van der Waals surface area contributed by atoms with Gasteiger partial charge in [0, 0.05) is 0 Å². The molecule has 0 saturated carbocycles.